The number of carbonyl (C=O) groups excluding carboxylic acids is 1. The number of amides is 1. The Bertz CT molecular complexity index is 792. The lowest BCUT2D eigenvalue weighted by molar-refractivity contribution is -0.121. The molecular formula is C23H30N4O2. The molecule has 0 aliphatic carbocycles. The van der Waals surface area contributed by atoms with Crippen LogP contribution in [0.5, 0.6) is 0 Å². The van der Waals surface area contributed by atoms with Crippen LogP contribution >= 0.6 is 0 Å². The van der Waals surface area contributed by atoms with Crippen LogP contribution in [0.1, 0.15) is 49.3 Å². The predicted molar refractivity (Wildman–Crippen MR) is 113 cm³/mol. The first kappa shape index (κ1) is 19.8. The molecule has 2 aliphatic rings. The van der Waals surface area contributed by atoms with Gasteiger partial charge in [-0.25, -0.2) is 9.97 Å². The Morgan fingerprint density at radius 1 is 1.14 bits per heavy atom. The Morgan fingerprint density at radius 2 is 1.97 bits per heavy atom. The van der Waals surface area contributed by atoms with Gasteiger partial charge in [-0.05, 0) is 43.7 Å². The average molecular weight is 395 g/mol. The van der Waals surface area contributed by atoms with E-state index in [1.54, 1.807) is 0 Å². The molecule has 2 fully saturated rings. The maximum atomic E-state index is 12.3. The molecule has 1 amide bonds. The molecule has 6 heteroatoms. The first-order valence-corrected chi connectivity index (χ1v) is 10.8. The highest BCUT2D eigenvalue weighted by molar-refractivity contribution is 5.76. The van der Waals surface area contributed by atoms with Crippen LogP contribution in [-0.4, -0.2) is 48.2 Å². The maximum Gasteiger partial charge on any atom is 0.225 e. The molecule has 2 aromatic rings. The van der Waals surface area contributed by atoms with Crippen LogP contribution in [0.3, 0.4) is 0 Å². The zero-order chi connectivity index (χ0) is 19.9. The molecule has 1 N–H and O–H groups in total. The van der Waals surface area contributed by atoms with Gasteiger partial charge in [0, 0.05) is 56.6 Å². The van der Waals surface area contributed by atoms with Gasteiger partial charge in [0.05, 0.1) is 0 Å². The first-order chi connectivity index (χ1) is 14.3. The molecule has 6 nitrogen and oxygen atoms in total. The zero-order valence-corrected chi connectivity index (χ0v) is 16.9. The summed E-state index contributed by atoms with van der Waals surface area (Å²) in [5, 5.41) is 3.19. The van der Waals surface area contributed by atoms with E-state index >= 15 is 0 Å². The third-order valence-corrected chi connectivity index (χ3v) is 5.85. The number of carbonyl (C=O) groups is 1. The SMILES string of the molecule is O=C(CCCc1ccccc1)NC1CCN(c2nccc(C3CCOCC3)n2)C1. The van der Waals surface area contributed by atoms with Crippen molar-refractivity contribution in [1.82, 2.24) is 15.3 Å². The molecule has 29 heavy (non-hydrogen) atoms. The Hall–Kier alpha value is -2.47. The Labute approximate surface area is 172 Å². The quantitative estimate of drug-likeness (QED) is 0.782. The van der Waals surface area contributed by atoms with Gasteiger partial charge in [-0.1, -0.05) is 30.3 Å². The number of anilines is 1. The minimum atomic E-state index is 0.143. The number of hydrogen-bond acceptors (Lipinski definition) is 5. The lowest BCUT2D eigenvalue weighted by Gasteiger charge is -2.23. The summed E-state index contributed by atoms with van der Waals surface area (Å²) in [6, 6.07) is 12.5. The predicted octanol–water partition coefficient (Wildman–Crippen LogP) is 3.09. The molecule has 0 spiro atoms. The van der Waals surface area contributed by atoms with Crippen LogP contribution in [-0.2, 0) is 16.0 Å². The third-order valence-electron chi connectivity index (χ3n) is 5.85. The van der Waals surface area contributed by atoms with Gasteiger partial charge in [-0.3, -0.25) is 4.79 Å². The summed E-state index contributed by atoms with van der Waals surface area (Å²) in [5.74, 6) is 1.40. The van der Waals surface area contributed by atoms with Crippen molar-refractivity contribution in [1.29, 1.82) is 0 Å². The molecule has 0 bridgehead atoms. The highest BCUT2D eigenvalue weighted by Gasteiger charge is 2.26. The van der Waals surface area contributed by atoms with Crippen molar-refractivity contribution < 1.29 is 9.53 Å². The van der Waals surface area contributed by atoms with Crippen LogP contribution in [0.2, 0.25) is 0 Å². The molecule has 0 radical (unpaired) electrons. The average Bonchev–Trinajstić information content (AvgIpc) is 3.24. The van der Waals surface area contributed by atoms with Crippen molar-refractivity contribution >= 4 is 11.9 Å². The molecule has 0 saturated carbocycles. The maximum absolute atomic E-state index is 12.3. The summed E-state index contributed by atoms with van der Waals surface area (Å²) in [7, 11) is 0. The molecule has 3 heterocycles. The van der Waals surface area contributed by atoms with E-state index in [1.807, 2.05) is 30.5 Å². The highest BCUT2D eigenvalue weighted by atomic mass is 16.5. The van der Waals surface area contributed by atoms with E-state index in [4.69, 9.17) is 9.72 Å². The van der Waals surface area contributed by atoms with Gasteiger partial charge in [-0.15, -0.1) is 0 Å². The van der Waals surface area contributed by atoms with Crippen LogP contribution in [0, 0.1) is 0 Å². The monoisotopic (exact) mass is 394 g/mol. The molecular weight excluding hydrogens is 364 g/mol. The van der Waals surface area contributed by atoms with E-state index in [1.165, 1.54) is 5.56 Å². The minimum Gasteiger partial charge on any atom is -0.381 e. The zero-order valence-electron chi connectivity index (χ0n) is 16.9. The van der Waals surface area contributed by atoms with E-state index in [-0.39, 0.29) is 11.9 Å². The summed E-state index contributed by atoms with van der Waals surface area (Å²) in [4.78, 5) is 23.8. The molecule has 2 aliphatic heterocycles. The molecule has 154 valence electrons. The van der Waals surface area contributed by atoms with E-state index in [0.29, 0.717) is 12.3 Å². The van der Waals surface area contributed by atoms with Gasteiger partial charge >= 0.3 is 0 Å². The Kier molecular flexibility index (Phi) is 6.72. The van der Waals surface area contributed by atoms with Gasteiger partial charge < -0.3 is 15.0 Å². The fourth-order valence-electron chi connectivity index (χ4n) is 4.19. The summed E-state index contributed by atoms with van der Waals surface area (Å²) in [6.07, 6.45) is 7.25. The summed E-state index contributed by atoms with van der Waals surface area (Å²) >= 11 is 0. The van der Waals surface area contributed by atoms with Crippen molar-refractivity contribution in [2.45, 2.75) is 50.5 Å². The van der Waals surface area contributed by atoms with E-state index in [2.05, 4.69) is 27.3 Å². The fourth-order valence-corrected chi connectivity index (χ4v) is 4.19. The van der Waals surface area contributed by atoms with Crippen molar-refractivity contribution in [2.24, 2.45) is 0 Å². The van der Waals surface area contributed by atoms with Gasteiger partial charge in [0.25, 0.3) is 0 Å². The number of benzene rings is 1. The molecule has 4 rings (SSSR count). The van der Waals surface area contributed by atoms with Crippen molar-refractivity contribution in [2.75, 3.05) is 31.2 Å². The van der Waals surface area contributed by atoms with Gasteiger partial charge in [0.15, 0.2) is 0 Å². The second kappa shape index (κ2) is 9.83. The molecule has 1 unspecified atom stereocenters. The fraction of sp³-hybridized carbons (Fsp3) is 0.522. The first-order valence-electron chi connectivity index (χ1n) is 10.8. The topological polar surface area (TPSA) is 67.4 Å². The molecule has 1 aromatic carbocycles. The van der Waals surface area contributed by atoms with Crippen LogP contribution in [0.15, 0.2) is 42.6 Å². The number of rotatable bonds is 7. The van der Waals surface area contributed by atoms with Gasteiger partial charge in [-0.2, -0.15) is 0 Å². The van der Waals surface area contributed by atoms with Gasteiger partial charge in [0.2, 0.25) is 11.9 Å². The van der Waals surface area contributed by atoms with Crippen molar-refractivity contribution in [3.05, 3.63) is 53.9 Å². The number of ether oxygens (including phenoxy) is 1. The second-order valence-electron chi connectivity index (χ2n) is 8.01. The summed E-state index contributed by atoms with van der Waals surface area (Å²) in [5.41, 5.74) is 2.40. The lowest BCUT2D eigenvalue weighted by atomic mass is 9.96. The van der Waals surface area contributed by atoms with Crippen LogP contribution in [0.4, 0.5) is 5.95 Å². The Balaban J connectivity index is 1.24. The third kappa shape index (κ3) is 5.54. The normalized spacial score (nSPS) is 20.0. The number of nitrogens with zero attached hydrogens (tertiary/aromatic N) is 3. The smallest absolute Gasteiger partial charge is 0.225 e. The van der Waals surface area contributed by atoms with E-state index < -0.39 is 0 Å². The molecule has 1 aromatic heterocycles. The number of aromatic nitrogens is 2. The van der Waals surface area contributed by atoms with Gasteiger partial charge in [0.1, 0.15) is 0 Å². The lowest BCUT2D eigenvalue weighted by Crippen LogP contribution is -2.37. The number of nitrogens with one attached hydrogen (secondary N) is 1. The highest BCUT2D eigenvalue weighted by Crippen LogP contribution is 2.26. The summed E-state index contributed by atoms with van der Waals surface area (Å²) in [6.45, 7) is 3.28. The minimum absolute atomic E-state index is 0.143. The summed E-state index contributed by atoms with van der Waals surface area (Å²) < 4.78 is 5.46. The second-order valence-corrected chi connectivity index (χ2v) is 8.01. The number of aryl methyl sites for hydroxylation is 1. The van der Waals surface area contributed by atoms with Crippen molar-refractivity contribution in [3.8, 4) is 0 Å². The number of hydrogen-bond donors (Lipinski definition) is 1. The van der Waals surface area contributed by atoms with Crippen LogP contribution in [0.25, 0.3) is 0 Å². The molecule has 1 atom stereocenters. The standard InChI is InChI=1S/C23H30N4O2/c28-22(8-4-7-18-5-2-1-3-6-18)25-20-10-14-27(17-20)23-24-13-9-21(26-23)19-11-15-29-16-12-19/h1-3,5-6,9,13,19-20H,4,7-8,10-12,14-17H2,(H,25,28). The van der Waals surface area contributed by atoms with Crippen molar-refractivity contribution in [3.63, 3.8) is 0 Å². The van der Waals surface area contributed by atoms with E-state index in [9.17, 15) is 4.79 Å². The van der Waals surface area contributed by atoms with E-state index in [0.717, 1.165) is 70.0 Å². The largest absolute Gasteiger partial charge is 0.381 e. The van der Waals surface area contributed by atoms with Crippen LogP contribution < -0.4 is 10.2 Å². The Morgan fingerprint density at radius 3 is 2.79 bits per heavy atom. The molecule has 2 saturated heterocycles.